The Morgan fingerprint density at radius 3 is 2.32 bits per heavy atom. The van der Waals surface area contributed by atoms with E-state index in [4.69, 9.17) is 0 Å². The van der Waals surface area contributed by atoms with Gasteiger partial charge in [-0.2, -0.15) is 0 Å². The summed E-state index contributed by atoms with van der Waals surface area (Å²) in [5, 5.41) is 0.694. The topological polar surface area (TPSA) is 23.6 Å². The minimum Gasteiger partial charge on any atom is -0.308 e. The molecule has 1 amide bonds. The monoisotopic (exact) mass is 548 g/mol. The molecule has 0 saturated heterocycles. The zero-order valence-corrected chi connectivity index (χ0v) is 21.6. The molecule has 0 aromatic heterocycles. The fraction of sp³-hybridized carbons (Fsp3) is 0.500. The largest absolute Gasteiger partial charge is 0.308 e. The fourth-order valence-corrected chi connectivity index (χ4v) is 5.80. The molecule has 168 valence electrons. The van der Waals surface area contributed by atoms with Gasteiger partial charge in [-0.05, 0) is 49.9 Å². The van der Waals surface area contributed by atoms with Crippen LogP contribution in [0.2, 0.25) is 0 Å². The van der Waals surface area contributed by atoms with Gasteiger partial charge in [0, 0.05) is 34.9 Å². The second kappa shape index (κ2) is 12.8. The summed E-state index contributed by atoms with van der Waals surface area (Å²) >= 11 is 7.42. The van der Waals surface area contributed by atoms with Crippen molar-refractivity contribution in [2.24, 2.45) is 0 Å². The van der Waals surface area contributed by atoms with Crippen molar-refractivity contribution in [3.63, 3.8) is 0 Å². The maximum absolute atomic E-state index is 13.3. The number of hydrogen-bond acceptors (Lipinski definition) is 2. The van der Waals surface area contributed by atoms with E-state index in [1.54, 1.807) is 0 Å². The maximum atomic E-state index is 13.3. The lowest BCUT2D eigenvalue weighted by molar-refractivity contribution is -0.119. The first kappa shape index (κ1) is 24.5. The van der Waals surface area contributed by atoms with Gasteiger partial charge >= 0.3 is 0 Å². The lowest BCUT2D eigenvalue weighted by Crippen LogP contribution is -2.54. The number of halogens is 2. The molecule has 0 aliphatic heterocycles. The van der Waals surface area contributed by atoms with Gasteiger partial charge in [-0.25, -0.2) is 0 Å². The van der Waals surface area contributed by atoms with Crippen molar-refractivity contribution in [3.05, 3.63) is 66.2 Å². The molecule has 1 aliphatic rings. The van der Waals surface area contributed by atoms with Crippen molar-refractivity contribution in [1.29, 1.82) is 0 Å². The van der Waals surface area contributed by atoms with Crippen molar-refractivity contribution >= 4 is 43.5 Å². The molecule has 1 saturated carbocycles. The Morgan fingerprint density at radius 2 is 1.68 bits per heavy atom. The molecule has 3 rings (SSSR count). The van der Waals surface area contributed by atoms with E-state index in [1.807, 2.05) is 18.2 Å². The van der Waals surface area contributed by atoms with Crippen molar-refractivity contribution in [2.75, 3.05) is 23.3 Å². The molecular formula is C26H34Br2N2O. The second-order valence-electron chi connectivity index (χ2n) is 8.30. The number of para-hydroxylation sites is 1. The van der Waals surface area contributed by atoms with Gasteiger partial charge in [-0.15, -0.1) is 0 Å². The smallest absolute Gasteiger partial charge is 0.228 e. The van der Waals surface area contributed by atoms with Gasteiger partial charge in [0.15, 0.2) is 0 Å². The Balaban J connectivity index is 1.89. The first-order valence-corrected chi connectivity index (χ1v) is 13.5. The average molecular weight is 550 g/mol. The minimum atomic E-state index is 0.187. The summed E-state index contributed by atoms with van der Waals surface area (Å²) in [7, 11) is 0. The molecule has 3 nitrogen and oxygen atoms in total. The first-order valence-electron chi connectivity index (χ1n) is 11.5. The predicted molar refractivity (Wildman–Crippen MR) is 138 cm³/mol. The Hall–Kier alpha value is -1.17. The summed E-state index contributed by atoms with van der Waals surface area (Å²) in [5.74, 6) is 0.213. The van der Waals surface area contributed by atoms with Crippen LogP contribution in [0.4, 0.5) is 5.69 Å². The average Bonchev–Trinajstić information content (AvgIpc) is 2.98. The number of benzene rings is 2. The van der Waals surface area contributed by atoms with Crippen LogP contribution >= 0.6 is 31.9 Å². The fourth-order valence-electron chi connectivity index (χ4n) is 4.76. The quantitative estimate of drug-likeness (QED) is 0.265. The van der Waals surface area contributed by atoms with Crippen LogP contribution in [0.5, 0.6) is 0 Å². The number of anilines is 1. The minimum absolute atomic E-state index is 0.187. The van der Waals surface area contributed by atoms with Gasteiger partial charge in [0.05, 0.1) is 6.04 Å². The first-order chi connectivity index (χ1) is 15.1. The summed E-state index contributed by atoms with van der Waals surface area (Å²) in [4.78, 5) is 18.6. The van der Waals surface area contributed by atoms with Crippen LogP contribution in [0.15, 0.2) is 60.7 Å². The van der Waals surface area contributed by atoms with Crippen LogP contribution in [0.3, 0.4) is 0 Å². The number of nitrogens with zero attached hydrogens (tertiary/aromatic N) is 2. The van der Waals surface area contributed by atoms with Gasteiger partial charge in [0.25, 0.3) is 0 Å². The van der Waals surface area contributed by atoms with Gasteiger partial charge in [0.2, 0.25) is 5.91 Å². The van der Waals surface area contributed by atoms with Gasteiger partial charge < -0.3 is 4.90 Å². The summed E-state index contributed by atoms with van der Waals surface area (Å²) in [6, 6.07) is 21.5. The lowest BCUT2D eigenvalue weighted by atomic mass is 9.97. The molecule has 0 spiro atoms. The zero-order valence-electron chi connectivity index (χ0n) is 18.4. The second-order valence-corrected chi connectivity index (χ2v) is 10.4. The van der Waals surface area contributed by atoms with Crippen molar-refractivity contribution < 1.29 is 4.79 Å². The molecule has 0 radical (unpaired) electrons. The van der Waals surface area contributed by atoms with Crippen LogP contribution in [0, 0.1) is 0 Å². The molecule has 31 heavy (non-hydrogen) atoms. The summed E-state index contributed by atoms with van der Waals surface area (Å²) in [5.41, 5.74) is 2.40. The molecular weight excluding hydrogens is 516 g/mol. The van der Waals surface area contributed by atoms with Gasteiger partial charge in [-0.1, -0.05) is 93.7 Å². The number of amides is 1. The van der Waals surface area contributed by atoms with Gasteiger partial charge in [-0.3, -0.25) is 9.69 Å². The van der Waals surface area contributed by atoms with E-state index in [1.165, 1.54) is 12.0 Å². The highest BCUT2D eigenvalue weighted by Gasteiger charge is 2.37. The maximum Gasteiger partial charge on any atom is 0.228 e. The third kappa shape index (κ3) is 6.90. The molecule has 2 aromatic carbocycles. The molecule has 1 fully saturated rings. The number of likely N-dealkylation sites (N-methyl/N-ethyl adjacent to an activating group) is 1. The Kier molecular flexibility index (Phi) is 10.1. The van der Waals surface area contributed by atoms with Crippen molar-refractivity contribution in [3.8, 4) is 0 Å². The van der Waals surface area contributed by atoms with Crippen molar-refractivity contribution in [2.45, 2.75) is 62.4 Å². The number of alkyl halides is 2. The standard InChI is InChI=1S/C26H34Br2N2O/c1-2-29(19-17-21-10-5-3-6-11-21)25-20-22(28)12-9-15-24(25)30(26(31)16-18-27)23-13-7-4-8-14-23/h3-8,10-11,13-14,22,24-25H,2,9,12,15-20H2,1H3. The van der Waals surface area contributed by atoms with Crippen LogP contribution < -0.4 is 4.90 Å². The number of carbonyl (C=O) groups excluding carboxylic acids is 1. The Morgan fingerprint density at radius 1 is 1.00 bits per heavy atom. The molecule has 0 bridgehead atoms. The van der Waals surface area contributed by atoms with Crippen LogP contribution in [-0.4, -0.2) is 46.1 Å². The third-order valence-corrected chi connectivity index (χ3v) is 7.54. The summed E-state index contributed by atoms with van der Waals surface area (Å²) in [6.07, 6.45) is 5.96. The van der Waals surface area contributed by atoms with E-state index in [-0.39, 0.29) is 11.9 Å². The molecule has 3 unspecified atom stereocenters. The SMILES string of the molecule is CCN(CCc1ccccc1)C1CC(Br)CCCC1N(C(=O)CCBr)c1ccccc1. The summed E-state index contributed by atoms with van der Waals surface area (Å²) < 4.78 is 0. The lowest BCUT2D eigenvalue weighted by Gasteiger charge is -2.42. The zero-order chi connectivity index (χ0) is 22.1. The third-order valence-electron chi connectivity index (χ3n) is 6.31. The Labute approximate surface area is 204 Å². The number of hydrogen-bond donors (Lipinski definition) is 0. The highest BCUT2D eigenvalue weighted by molar-refractivity contribution is 9.09. The van der Waals surface area contributed by atoms with Gasteiger partial charge in [0.1, 0.15) is 0 Å². The van der Waals surface area contributed by atoms with Crippen LogP contribution in [-0.2, 0) is 11.2 Å². The molecule has 0 N–H and O–H groups in total. The van der Waals surface area contributed by atoms with E-state index >= 15 is 0 Å². The van der Waals surface area contributed by atoms with Crippen LogP contribution in [0.25, 0.3) is 0 Å². The van der Waals surface area contributed by atoms with Crippen molar-refractivity contribution in [1.82, 2.24) is 4.90 Å². The predicted octanol–water partition coefficient (Wildman–Crippen LogP) is 6.44. The summed E-state index contributed by atoms with van der Waals surface area (Å²) in [6.45, 7) is 4.25. The molecule has 5 heteroatoms. The molecule has 0 heterocycles. The highest BCUT2D eigenvalue weighted by Crippen LogP contribution is 2.33. The van der Waals surface area contributed by atoms with E-state index in [2.05, 4.69) is 91.0 Å². The molecule has 1 aliphatic carbocycles. The van der Waals surface area contributed by atoms with E-state index in [9.17, 15) is 4.79 Å². The normalized spacial score (nSPS) is 21.6. The van der Waals surface area contributed by atoms with E-state index < -0.39 is 0 Å². The molecule has 2 aromatic rings. The van der Waals surface area contributed by atoms with E-state index in [0.29, 0.717) is 22.6 Å². The number of carbonyl (C=O) groups is 1. The number of rotatable bonds is 9. The van der Waals surface area contributed by atoms with E-state index in [0.717, 1.165) is 44.5 Å². The highest BCUT2D eigenvalue weighted by atomic mass is 79.9. The molecule has 3 atom stereocenters. The van der Waals surface area contributed by atoms with Crippen LogP contribution in [0.1, 0.15) is 44.6 Å². The Bertz CT molecular complexity index is 787.